The van der Waals surface area contributed by atoms with Crippen LogP contribution in [0.15, 0.2) is 42.5 Å². The van der Waals surface area contributed by atoms with Crippen LogP contribution >= 0.6 is 11.5 Å². The molecule has 3 aromatic rings. The SMILES string of the molecule is CC1CCc2ccc(OCCCCN3CCC(c4nsc5ccccc45)CC3)cc2C1=O. The summed E-state index contributed by atoms with van der Waals surface area (Å²) < 4.78 is 12.1. The summed E-state index contributed by atoms with van der Waals surface area (Å²) in [5.41, 5.74) is 3.36. The Morgan fingerprint density at radius 1 is 1.09 bits per heavy atom. The van der Waals surface area contributed by atoms with E-state index in [1.165, 1.54) is 34.2 Å². The van der Waals surface area contributed by atoms with Crippen LogP contribution in [0, 0.1) is 5.92 Å². The third-order valence-electron chi connectivity index (χ3n) is 7.16. The molecule has 4 nitrogen and oxygen atoms in total. The number of benzene rings is 2. The van der Waals surface area contributed by atoms with Crippen LogP contribution < -0.4 is 4.74 Å². The van der Waals surface area contributed by atoms with Gasteiger partial charge in [-0.15, -0.1) is 0 Å². The van der Waals surface area contributed by atoms with Crippen LogP contribution in [0.1, 0.15) is 66.6 Å². The first-order valence-corrected chi connectivity index (χ1v) is 12.8. The van der Waals surface area contributed by atoms with E-state index in [4.69, 9.17) is 9.11 Å². The van der Waals surface area contributed by atoms with Crippen LogP contribution in [0.25, 0.3) is 10.1 Å². The summed E-state index contributed by atoms with van der Waals surface area (Å²) in [6.07, 6.45) is 6.54. The van der Waals surface area contributed by atoms with Crippen molar-refractivity contribution in [1.82, 2.24) is 9.27 Å². The molecule has 5 rings (SSSR count). The molecule has 32 heavy (non-hydrogen) atoms. The zero-order valence-corrected chi connectivity index (χ0v) is 19.7. The van der Waals surface area contributed by atoms with Crippen molar-refractivity contribution in [3.8, 4) is 5.75 Å². The first-order chi connectivity index (χ1) is 15.7. The number of ketones is 1. The van der Waals surface area contributed by atoms with E-state index >= 15 is 0 Å². The van der Waals surface area contributed by atoms with Crippen molar-refractivity contribution in [1.29, 1.82) is 0 Å². The maximum absolute atomic E-state index is 12.4. The van der Waals surface area contributed by atoms with Gasteiger partial charge in [-0.25, -0.2) is 0 Å². The highest BCUT2D eigenvalue weighted by Gasteiger charge is 2.25. The Labute approximate surface area is 194 Å². The first-order valence-electron chi connectivity index (χ1n) is 12.1. The zero-order chi connectivity index (χ0) is 21.9. The molecule has 1 atom stereocenters. The standard InChI is InChI=1S/C27H32N2O2S/c1-19-8-9-20-10-11-22(18-24(20)27(19)30)31-17-5-4-14-29-15-12-21(13-16-29)26-23-6-2-3-7-25(23)32-28-26/h2-3,6-7,10-11,18-19,21H,4-5,8-9,12-17H2,1H3. The van der Waals surface area contributed by atoms with Gasteiger partial charge in [0, 0.05) is 22.8 Å². The molecule has 5 heteroatoms. The Morgan fingerprint density at radius 2 is 1.94 bits per heavy atom. The van der Waals surface area contributed by atoms with E-state index in [1.54, 1.807) is 11.5 Å². The molecule has 1 unspecified atom stereocenters. The molecule has 0 amide bonds. The molecule has 1 aliphatic carbocycles. The number of likely N-dealkylation sites (tertiary alicyclic amines) is 1. The average molecular weight is 449 g/mol. The minimum atomic E-state index is 0.135. The van der Waals surface area contributed by atoms with E-state index in [2.05, 4.69) is 35.2 Å². The van der Waals surface area contributed by atoms with Gasteiger partial charge in [0.2, 0.25) is 0 Å². The van der Waals surface area contributed by atoms with Crippen molar-refractivity contribution >= 4 is 27.4 Å². The van der Waals surface area contributed by atoms with Crippen LogP contribution in [-0.4, -0.2) is 41.3 Å². The number of hydrogen-bond donors (Lipinski definition) is 0. The molecule has 0 N–H and O–H groups in total. The molecule has 2 aromatic carbocycles. The fourth-order valence-corrected chi connectivity index (χ4v) is 5.97. The molecular weight excluding hydrogens is 416 g/mol. The number of unbranched alkanes of at least 4 members (excludes halogenated alkanes) is 1. The van der Waals surface area contributed by atoms with Gasteiger partial charge in [0.1, 0.15) is 5.75 Å². The number of aromatic nitrogens is 1. The summed E-state index contributed by atoms with van der Waals surface area (Å²) >= 11 is 1.64. The van der Waals surface area contributed by atoms with Crippen LogP contribution in [0.2, 0.25) is 0 Å². The number of aryl methyl sites for hydroxylation is 1. The number of hydrogen-bond acceptors (Lipinski definition) is 5. The average Bonchev–Trinajstić information content (AvgIpc) is 3.26. The van der Waals surface area contributed by atoms with Crippen molar-refractivity contribution in [2.24, 2.45) is 5.92 Å². The van der Waals surface area contributed by atoms with Crippen molar-refractivity contribution in [3.63, 3.8) is 0 Å². The summed E-state index contributed by atoms with van der Waals surface area (Å²) in [5, 5.41) is 1.35. The number of nitrogens with zero attached hydrogens (tertiary/aromatic N) is 2. The predicted molar refractivity (Wildman–Crippen MR) is 131 cm³/mol. The second kappa shape index (κ2) is 9.72. The highest BCUT2D eigenvalue weighted by atomic mass is 32.1. The monoisotopic (exact) mass is 448 g/mol. The molecule has 2 aliphatic rings. The second-order valence-electron chi connectivity index (χ2n) is 9.36. The van der Waals surface area contributed by atoms with Crippen molar-refractivity contribution in [2.75, 3.05) is 26.2 Å². The smallest absolute Gasteiger partial charge is 0.166 e. The van der Waals surface area contributed by atoms with Crippen molar-refractivity contribution < 1.29 is 9.53 Å². The quantitative estimate of drug-likeness (QED) is 0.410. The lowest BCUT2D eigenvalue weighted by Crippen LogP contribution is -2.33. The molecule has 1 aliphatic heterocycles. The predicted octanol–water partition coefficient (Wildman–Crippen LogP) is 6.10. The minimum absolute atomic E-state index is 0.135. The molecule has 0 radical (unpaired) electrons. The minimum Gasteiger partial charge on any atom is -0.494 e. The second-order valence-corrected chi connectivity index (χ2v) is 10.2. The summed E-state index contributed by atoms with van der Waals surface area (Å²) in [6, 6.07) is 14.7. The maximum atomic E-state index is 12.4. The lowest BCUT2D eigenvalue weighted by atomic mass is 9.84. The van der Waals surface area contributed by atoms with Gasteiger partial charge < -0.3 is 9.64 Å². The normalized spacial score (nSPS) is 19.9. The summed E-state index contributed by atoms with van der Waals surface area (Å²) in [4.78, 5) is 15.0. The van der Waals surface area contributed by atoms with Crippen LogP contribution in [-0.2, 0) is 6.42 Å². The fourth-order valence-electron chi connectivity index (χ4n) is 5.12. The lowest BCUT2D eigenvalue weighted by molar-refractivity contribution is 0.0913. The van der Waals surface area contributed by atoms with E-state index < -0.39 is 0 Å². The van der Waals surface area contributed by atoms with E-state index in [0.29, 0.717) is 12.5 Å². The molecule has 0 saturated carbocycles. The Bertz CT molecular complexity index is 1080. The largest absolute Gasteiger partial charge is 0.494 e. The van der Waals surface area contributed by atoms with Gasteiger partial charge in [-0.1, -0.05) is 31.2 Å². The fraction of sp³-hybridized carbons (Fsp3) is 0.481. The molecule has 0 bridgehead atoms. The number of carbonyl (C=O) groups excluding carboxylic acids is 1. The maximum Gasteiger partial charge on any atom is 0.166 e. The van der Waals surface area contributed by atoms with Gasteiger partial charge in [0.25, 0.3) is 0 Å². The van der Waals surface area contributed by atoms with E-state index in [-0.39, 0.29) is 11.7 Å². The Hall–Kier alpha value is -2.24. The number of rotatable bonds is 7. The first kappa shape index (κ1) is 21.6. The molecule has 1 fully saturated rings. The third kappa shape index (κ3) is 4.60. The van der Waals surface area contributed by atoms with Crippen LogP contribution in [0.5, 0.6) is 5.75 Å². The highest BCUT2D eigenvalue weighted by Crippen LogP contribution is 2.34. The van der Waals surface area contributed by atoms with Crippen molar-refractivity contribution in [3.05, 3.63) is 59.3 Å². The van der Waals surface area contributed by atoms with Gasteiger partial charge >= 0.3 is 0 Å². The zero-order valence-electron chi connectivity index (χ0n) is 18.9. The molecule has 0 spiro atoms. The highest BCUT2D eigenvalue weighted by molar-refractivity contribution is 7.13. The topological polar surface area (TPSA) is 42.4 Å². The van der Waals surface area contributed by atoms with Gasteiger partial charge in [0.15, 0.2) is 5.78 Å². The molecule has 1 aromatic heterocycles. The summed E-state index contributed by atoms with van der Waals surface area (Å²) in [5.74, 6) is 1.84. The van der Waals surface area contributed by atoms with Crippen LogP contribution in [0.4, 0.5) is 0 Å². The van der Waals surface area contributed by atoms with Gasteiger partial charge in [-0.3, -0.25) is 4.79 Å². The molecule has 168 valence electrons. The Morgan fingerprint density at radius 3 is 2.81 bits per heavy atom. The summed E-state index contributed by atoms with van der Waals surface area (Å²) in [7, 11) is 0. The molecular formula is C27H32N2O2S. The molecule has 2 heterocycles. The van der Waals surface area contributed by atoms with E-state index in [1.807, 2.05) is 19.1 Å². The lowest BCUT2D eigenvalue weighted by Gasteiger charge is -2.31. The van der Waals surface area contributed by atoms with Gasteiger partial charge in [0.05, 0.1) is 17.0 Å². The van der Waals surface area contributed by atoms with Crippen molar-refractivity contribution in [2.45, 2.75) is 51.4 Å². The Kier molecular flexibility index (Phi) is 6.56. The number of ether oxygens (including phenoxy) is 1. The number of Topliss-reactive ketones (excluding diaryl/α,β-unsaturated/α-hetero) is 1. The molecule has 1 saturated heterocycles. The Balaban J connectivity index is 1.04. The van der Waals surface area contributed by atoms with Crippen LogP contribution in [0.3, 0.4) is 0 Å². The number of piperidine rings is 1. The number of fused-ring (bicyclic) bond motifs is 2. The van der Waals surface area contributed by atoms with Gasteiger partial charge in [-0.2, -0.15) is 4.37 Å². The summed E-state index contributed by atoms with van der Waals surface area (Å²) in [6.45, 7) is 6.18. The van der Waals surface area contributed by atoms with Gasteiger partial charge in [-0.05, 0) is 93.5 Å². The third-order valence-corrected chi connectivity index (χ3v) is 8.00. The van der Waals surface area contributed by atoms with E-state index in [0.717, 1.165) is 56.6 Å². The number of carbonyl (C=O) groups is 1. The van der Waals surface area contributed by atoms with E-state index in [9.17, 15) is 4.79 Å².